The van der Waals surface area contributed by atoms with Gasteiger partial charge in [0.25, 0.3) is 0 Å². The normalized spacial score (nSPS) is 19.8. The molecule has 0 aliphatic carbocycles. The molecule has 2 heterocycles. The van der Waals surface area contributed by atoms with Crippen molar-refractivity contribution in [2.75, 3.05) is 11.9 Å². The monoisotopic (exact) mass is 411 g/mol. The van der Waals surface area contributed by atoms with Crippen LogP contribution in [0.2, 0.25) is 0 Å². The smallest absolute Gasteiger partial charge is 0.418 e. The summed E-state index contributed by atoms with van der Waals surface area (Å²) in [5.74, 6) is 0.139. The van der Waals surface area contributed by atoms with Crippen molar-refractivity contribution >= 4 is 11.6 Å². The van der Waals surface area contributed by atoms with Crippen LogP contribution in [0.1, 0.15) is 27.8 Å². The molecule has 4 nitrogen and oxygen atoms in total. The van der Waals surface area contributed by atoms with Crippen LogP contribution < -0.4 is 10.1 Å². The molecule has 3 aromatic carbocycles. The summed E-state index contributed by atoms with van der Waals surface area (Å²) in [6.45, 7) is 0.520. The number of benzene rings is 3. The summed E-state index contributed by atoms with van der Waals surface area (Å²) in [6, 6.07) is 15.1. The molecule has 30 heavy (non-hydrogen) atoms. The number of aromatic hydroxyl groups is 1. The zero-order chi connectivity index (χ0) is 21.1. The average molecular weight is 411 g/mol. The third kappa shape index (κ3) is 2.51. The van der Waals surface area contributed by atoms with Gasteiger partial charge in [0.05, 0.1) is 17.9 Å². The van der Waals surface area contributed by atoms with Crippen LogP contribution in [0.3, 0.4) is 0 Å². The molecule has 1 atom stereocenters. The number of carbonyl (C=O) groups is 1. The van der Waals surface area contributed by atoms with E-state index in [-0.39, 0.29) is 17.0 Å². The third-order valence-electron chi connectivity index (χ3n) is 5.78. The van der Waals surface area contributed by atoms with Gasteiger partial charge in [-0.2, -0.15) is 13.2 Å². The molecule has 2 aliphatic heterocycles. The van der Waals surface area contributed by atoms with Crippen molar-refractivity contribution in [1.82, 2.24) is 0 Å². The minimum Gasteiger partial charge on any atom is -0.508 e. The second-order valence-corrected chi connectivity index (χ2v) is 7.40. The number of hydrogen-bond donors (Lipinski definition) is 2. The van der Waals surface area contributed by atoms with Crippen LogP contribution in [0.5, 0.6) is 11.5 Å². The molecular formula is C23H16F3NO3. The number of fused-ring (bicyclic) bond motifs is 2. The largest absolute Gasteiger partial charge is 0.508 e. The molecule has 1 unspecified atom stereocenters. The summed E-state index contributed by atoms with van der Waals surface area (Å²) in [5, 5.41) is 12.2. The molecule has 152 valence electrons. The van der Waals surface area contributed by atoms with Crippen LogP contribution in [0.25, 0.3) is 0 Å². The molecule has 2 aliphatic rings. The molecule has 3 aromatic rings. The van der Waals surface area contributed by atoms with Gasteiger partial charge in [0.1, 0.15) is 16.9 Å². The van der Waals surface area contributed by atoms with E-state index in [9.17, 15) is 23.1 Å². The van der Waals surface area contributed by atoms with Gasteiger partial charge >= 0.3 is 6.18 Å². The number of alkyl halides is 3. The Morgan fingerprint density at radius 2 is 1.73 bits per heavy atom. The number of phenols is 1. The van der Waals surface area contributed by atoms with Gasteiger partial charge in [-0.05, 0) is 41.0 Å². The summed E-state index contributed by atoms with van der Waals surface area (Å²) >= 11 is 0. The summed E-state index contributed by atoms with van der Waals surface area (Å²) in [4.78, 5) is 13.4. The van der Waals surface area contributed by atoms with E-state index in [1.807, 2.05) is 6.07 Å². The van der Waals surface area contributed by atoms with Crippen molar-refractivity contribution in [3.63, 3.8) is 0 Å². The van der Waals surface area contributed by atoms with Crippen molar-refractivity contribution in [3.05, 3.63) is 88.5 Å². The number of hydrogen-bond acceptors (Lipinski definition) is 3. The predicted octanol–water partition coefficient (Wildman–Crippen LogP) is 4.63. The fraction of sp³-hybridized carbons (Fsp3) is 0.174. The quantitative estimate of drug-likeness (QED) is 0.646. The zero-order valence-corrected chi connectivity index (χ0v) is 15.6. The van der Waals surface area contributed by atoms with Crippen molar-refractivity contribution in [3.8, 4) is 11.5 Å². The topological polar surface area (TPSA) is 58.6 Å². The van der Waals surface area contributed by atoms with Gasteiger partial charge in [-0.3, -0.25) is 4.79 Å². The van der Waals surface area contributed by atoms with E-state index < -0.39 is 23.1 Å². The molecule has 0 saturated heterocycles. The molecular weight excluding hydrogens is 395 g/mol. The van der Waals surface area contributed by atoms with Crippen molar-refractivity contribution < 1.29 is 27.8 Å². The zero-order valence-electron chi connectivity index (χ0n) is 15.6. The minimum atomic E-state index is -4.62. The number of ether oxygens (including phenoxy) is 1. The second kappa shape index (κ2) is 6.26. The maximum absolute atomic E-state index is 13.7. The first-order valence-corrected chi connectivity index (χ1v) is 9.39. The number of rotatable bonds is 2. The minimum absolute atomic E-state index is 0.000996. The first kappa shape index (κ1) is 18.5. The summed E-state index contributed by atoms with van der Waals surface area (Å²) < 4.78 is 46.5. The highest BCUT2D eigenvalue weighted by Crippen LogP contribution is 2.52. The number of amides is 1. The Morgan fingerprint density at radius 1 is 1.00 bits per heavy atom. The highest BCUT2D eigenvalue weighted by atomic mass is 19.4. The van der Waals surface area contributed by atoms with E-state index in [4.69, 9.17) is 4.74 Å². The fourth-order valence-electron chi connectivity index (χ4n) is 4.44. The van der Waals surface area contributed by atoms with Gasteiger partial charge in [-0.1, -0.05) is 36.4 Å². The number of halogens is 3. The van der Waals surface area contributed by atoms with Gasteiger partial charge in [0, 0.05) is 12.0 Å². The van der Waals surface area contributed by atoms with Gasteiger partial charge in [-0.15, -0.1) is 0 Å². The molecule has 0 bridgehead atoms. The van der Waals surface area contributed by atoms with Crippen molar-refractivity contribution in [1.29, 1.82) is 0 Å². The highest BCUT2D eigenvalue weighted by molar-refractivity contribution is 6.12. The van der Waals surface area contributed by atoms with Crippen LogP contribution >= 0.6 is 0 Å². The Labute approximate surface area is 169 Å². The molecule has 7 heteroatoms. The first-order valence-electron chi connectivity index (χ1n) is 9.39. The van der Waals surface area contributed by atoms with E-state index in [1.54, 1.807) is 30.3 Å². The Hall–Kier alpha value is -3.48. The average Bonchev–Trinajstić information content (AvgIpc) is 3.29. The number of para-hydroxylation sites is 1. The van der Waals surface area contributed by atoms with Crippen LogP contribution in [-0.2, 0) is 22.8 Å². The van der Waals surface area contributed by atoms with Crippen LogP contribution in [0.15, 0.2) is 60.7 Å². The Morgan fingerprint density at radius 3 is 2.47 bits per heavy atom. The van der Waals surface area contributed by atoms with Crippen LogP contribution in [0, 0.1) is 0 Å². The molecule has 0 radical (unpaired) electrons. The third-order valence-corrected chi connectivity index (χ3v) is 5.78. The maximum Gasteiger partial charge on any atom is 0.418 e. The predicted molar refractivity (Wildman–Crippen MR) is 104 cm³/mol. The lowest BCUT2D eigenvalue weighted by Gasteiger charge is -2.29. The Kier molecular flexibility index (Phi) is 3.87. The maximum atomic E-state index is 13.7. The number of anilines is 1. The lowest BCUT2D eigenvalue weighted by atomic mass is 9.69. The van der Waals surface area contributed by atoms with Gasteiger partial charge in [0.15, 0.2) is 0 Å². The highest BCUT2D eigenvalue weighted by Gasteiger charge is 2.52. The second-order valence-electron chi connectivity index (χ2n) is 7.40. The van der Waals surface area contributed by atoms with Gasteiger partial charge in [0.2, 0.25) is 5.91 Å². The molecule has 5 rings (SSSR count). The first-order chi connectivity index (χ1) is 14.3. The van der Waals surface area contributed by atoms with E-state index in [1.165, 1.54) is 18.2 Å². The van der Waals surface area contributed by atoms with Crippen molar-refractivity contribution in [2.24, 2.45) is 0 Å². The van der Waals surface area contributed by atoms with E-state index in [2.05, 4.69) is 5.32 Å². The van der Waals surface area contributed by atoms with Crippen LogP contribution in [0.4, 0.5) is 18.9 Å². The fourth-order valence-corrected chi connectivity index (χ4v) is 4.44. The van der Waals surface area contributed by atoms with E-state index in [0.29, 0.717) is 29.9 Å². The van der Waals surface area contributed by atoms with Gasteiger partial charge in [-0.25, -0.2) is 0 Å². The molecule has 2 N–H and O–H groups in total. The molecule has 0 fully saturated rings. The summed E-state index contributed by atoms with van der Waals surface area (Å²) in [7, 11) is 0. The molecule has 1 amide bonds. The lowest BCUT2D eigenvalue weighted by Crippen LogP contribution is -2.37. The van der Waals surface area contributed by atoms with Gasteiger partial charge < -0.3 is 15.2 Å². The number of nitrogens with one attached hydrogen (secondary N) is 1. The summed E-state index contributed by atoms with van der Waals surface area (Å²) in [6.07, 6.45) is -3.96. The molecule has 0 aromatic heterocycles. The Balaban J connectivity index is 1.84. The van der Waals surface area contributed by atoms with E-state index in [0.717, 1.165) is 11.6 Å². The molecule has 0 spiro atoms. The lowest BCUT2D eigenvalue weighted by molar-refractivity contribution is -0.136. The van der Waals surface area contributed by atoms with Crippen molar-refractivity contribution in [2.45, 2.75) is 18.0 Å². The standard InChI is InChI=1S/C23H16F3NO3/c24-23(25,26)18-3-1-2-17-20(18)27-21(29)22(17,14-4-7-16(28)8-5-14)15-6-9-19-13(12-15)10-11-30-19/h1-9,12,28H,10-11H2,(H,27,29). The number of phenolic OH excluding ortho intramolecular Hbond substituents is 1. The van der Waals surface area contributed by atoms with E-state index >= 15 is 0 Å². The van der Waals surface area contributed by atoms with Crippen LogP contribution in [-0.4, -0.2) is 17.6 Å². The summed E-state index contributed by atoms with van der Waals surface area (Å²) in [5.41, 5.74) is -0.464. The number of carbonyl (C=O) groups excluding carboxylic acids is 1. The Bertz CT molecular complexity index is 1170. The SMILES string of the molecule is O=C1Nc2c(C(F)(F)F)cccc2C1(c1ccc(O)cc1)c1ccc2c(c1)CCO2. The molecule has 0 saturated carbocycles.